The van der Waals surface area contributed by atoms with Crippen LogP contribution in [0.4, 0.5) is 10.2 Å². The van der Waals surface area contributed by atoms with Gasteiger partial charge >= 0.3 is 12.0 Å². The third kappa shape index (κ3) is 2.58. The van der Waals surface area contributed by atoms with Gasteiger partial charge in [-0.05, 0) is 0 Å². The summed E-state index contributed by atoms with van der Waals surface area (Å²) in [6.07, 6.45) is -4.88. The number of aromatic nitrogens is 4. The fourth-order valence-electron chi connectivity index (χ4n) is 2.47. The summed E-state index contributed by atoms with van der Waals surface area (Å²) in [5.74, 6) is -0.764. The predicted molar refractivity (Wildman–Crippen MR) is 72.2 cm³/mol. The number of nitrogen functional groups attached to an aromatic ring is 1. The predicted octanol–water partition coefficient (Wildman–Crippen LogP) is -1.27. The highest BCUT2D eigenvalue weighted by molar-refractivity contribution is 5.81. The summed E-state index contributed by atoms with van der Waals surface area (Å²) in [6.45, 7) is 0. The lowest BCUT2D eigenvalue weighted by molar-refractivity contribution is -0.145. The summed E-state index contributed by atoms with van der Waals surface area (Å²) in [4.78, 5) is 22.2. The van der Waals surface area contributed by atoms with E-state index in [0.29, 0.717) is 0 Å². The van der Waals surface area contributed by atoms with Crippen molar-refractivity contribution in [2.45, 2.75) is 31.0 Å². The second-order valence-corrected chi connectivity index (χ2v) is 5.03. The van der Waals surface area contributed by atoms with Crippen LogP contribution in [0.5, 0.6) is 0 Å². The lowest BCUT2D eigenvalue weighted by atomic mass is 10.1. The Bertz CT molecular complexity index is 753. The van der Waals surface area contributed by atoms with E-state index in [4.69, 9.17) is 10.5 Å². The molecule has 0 aliphatic carbocycles. The van der Waals surface area contributed by atoms with E-state index in [1.807, 2.05) is 0 Å². The molecule has 3 heterocycles. The van der Waals surface area contributed by atoms with Crippen LogP contribution in [0.1, 0.15) is 12.6 Å². The molecule has 1 aliphatic rings. The largest absolute Gasteiger partial charge is 0.469 e. The average molecular weight is 327 g/mol. The number of fused-ring (bicyclic) bond motifs is 1. The molecule has 1 fully saturated rings. The number of hydrogen-bond donors (Lipinski definition) is 3. The van der Waals surface area contributed by atoms with E-state index in [0.717, 1.165) is 0 Å². The molecule has 2 aromatic heterocycles. The van der Waals surface area contributed by atoms with E-state index in [-0.39, 0.29) is 23.4 Å². The first kappa shape index (κ1) is 15.5. The molecule has 2 aromatic rings. The lowest BCUT2D eigenvalue weighted by Crippen LogP contribution is -2.32. The number of halogens is 1. The van der Waals surface area contributed by atoms with Gasteiger partial charge in [0.05, 0.1) is 26.0 Å². The number of anilines is 1. The molecule has 1 aliphatic heterocycles. The van der Waals surface area contributed by atoms with E-state index in [2.05, 4.69) is 19.7 Å². The zero-order valence-corrected chi connectivity index (χ0v) is 12.0. The van der Waals surface area contributed by atoms with Gasteiger partial charge in [-0.25, -0.2) is 4.98 Å². The molecule has 11 heteroatoms. The molecular weight excluding hydrogens is 313 g/mol. The quantitative estimate of drug-likeness (QED) is 0.464. The van der Waals surface area contributed by atoms with Gasteiger partial charge in [-0.2, -0.15) is 14.4 Å². The van der Waals surface area contributed by atoms with E-state index in [9.17, 15) is 19.4 Å². The molecule has 3 rings (SSSR count). The van der Waals surface area contributed by atoms with Crippen LogP contribution in [0.15, 0.2) is 6.33 Å². The molecule has 0 unspecified atom stereocenters. The summed E-state index contributed by atoms with van der Waals surface area (Å²) in [6, 6.07) is 0. The maximum absolute atomic E-state index is 13.4. The highest BCUT2D eigenvalue weighted by Crippen LogP contribution is 2.33. The third-order valence-corrected chi connectivity index (χ3v) is 3.63. The molecule has 0 radical (unpaired) electrons. The van der Waals surface area contributed by atoms with Crippen molar-refractivity contribution in [1.29, 1.82) is 0 Å². The molecule has 23 heavy (non-hydrogen) atoms. The number of carbonyl (C=O) groups excluding carboxylic acids is 1. The number of rotatable bonds is 3. The number of ether oxygens (including phenoxy) is 2. The highest BCUT2D eigenvalue weighted by Gasteiger charge is 2.45. The van der Waals surface area contributed by atoms with E-state index >= 15 is 0 Å². The fraction of sp³-hybridized carbons (Fsp3) is 0.500. The van der Waals surface area contributed by atoms with Crippen molar-refractivity contribution in [1.82, 2.24) is 19.5 Å². The second-order valence-electron chi connectivity index (χ2n) is 5.03. The summed E-state index contributed by atoms with van der Waals surface area (Å²) >= 11 is 0. The van der Waals surface area contributed by atoms with Crippen LogP contribution in [0.3, 0.4) is 0 Å². The average Bonchev–Trinajstić information content (AvgIpc) is 3.03. The Kier molecular flexibility index (Phi) is 3.83. The van der Waals surface area contributed by atoms with Gasteiger partial charge in [-0.3, -0.25) is 9.36 Å². The van der Waals surface area contributed by atoms with Crippen molar-refractivity contribution in [3.8, 4) is 0 Å². The topological polar surface area (TPSA) is 146 Å². The molecule has 0 bridgehead atoms. The molecule has 124 valence electrons. The minimum atomic E-state index is -1.37. The molecule has 0 aromatic carbocycles. The van der Waals surface area contributed by atoms with Gasteiger partial charge in [0.25, 0.3) is 0 Å². The van der Waals surface area contributed by atoms with Crippen LogP contribution in [-0.4, -0.2) is 61.1 Å². The van der Waals surface area contributed by atoms with Crippen molar-refractivity contribution in [2.75, 3.05) is 12.8 Å². The Morgan fingerprint density at radius 2 is 2.22 bits per heavy atom. The summed E-state index contributed by atoms with van der Waals surface area (Å²) in [7, 11) is 1.20. The first-order valence-electron chi connectivity index (χ1n) is 6.66. The summed E-state index contributed by atoms with van der Waals surface area (Å²) in [5.41, 5.74) is 5.70. The Morgan fingerprint density at radius 3 is 2.91 bits per heavy atom. The molecule has 4 N–H and O–H groups in total. The molecular formula is C12H14FN5O5. The Morgan fingerprint density at radius 1 is 1.48 bits per heavy atom. The minimum absolute atomic E-state index is 0.00460. The number of methoxy groups -OCH3 is 1. The number of imidazole rings is 1. The summed E-state index contributed by atoms with van der Waals surface area (Å²) in [5, 5.41) is 20.1. The van der Waals surface area contributed by atoms with E-state index < -0.39 is 36.6 Å². The van der Waals surface area contributed by atoms with Crippen LogP contribution in [0.2, 0.25) is 0 Å². The monoisotopic (exact) mass is 327 g/mol. The van der Waals surface area contributed by atoms with Crippen molar-refractivity contribution in [3.05, 3.63) is 12.4 Å². The molecule has 0 saturated carbocycles. The standard InChI is InChI=1S/C12H14FN5O5/c1-22-5(19)2-4-7(20)8(21)11(23-4)18-3-15-6-9(14)16-12(13)17-10(6)18/h3-4,7-8,11,20-21H,2H2,1H3,(H2,14,16,17)/t4-,7-,8-,11-/m1/s1. The fourth-order valence-corrected chi connectivity index (χ4v) is 2.47. The van der Waals surface area contributed by atoms with E-state index in [1.165, 1.54) is 18.0 Å². The van der Waals surface area contributed by atoms with E-state index in [1.54, 1.807) is 0 Å². The number of aliphatic hydroxyl groups is 2. The molecule has 4 atom stereocenters. The Labute approximate surface area is 128 Å². The number of nitrogens with zero attached hydrogens (tertiary/aromatic N) is 4. The normalized spacial score (nSPS) is 27.5. The smallest absolute Gasteiger partial charge is 0.312 e. The zero-order valence-electron chi connectivity index (χ0n) is 12.0. The maximum Gasteiger partial charge on any atom is 0.312 e. The number of hydrogen-bond acceptors (Lipinski definition) is 9. The molecule has 0 spiro atoms. The van der Waals surface area contributed by atoms with Gasteiger partial charge in [0, 0.05) is 0 Å². The first-order valence-corrected chi connectivity index (χ1v) is 6.66. The number of esters is 1. The Hall–Kier alpha value is -2.37. The van der Waals surface area contributed by atoms with Crippen molar-refractivity contribution in [3.63, 3.8) is 0 Å². The number of carbonyl (C=O) groups is 1. The summed E-state index contributed by atoms with van der Waals surface area (Å²) < 4.78 is 24.6. The second kappa shape index (κ2) is 5.68. The first-order chi connectivity index (χ1) is 10.9. The van der Waals surface area contributed by atoms with Gasteiger partial charge in [-0.1, -0.05) is 0 Å². The van der Waals surface area contributed by atoms with Gasteiger partial charge in [0.1, 0.15) is 12.2 Å². The van der Waals surface area contributed by atoms with Crippen LogP contribution < -0.4 is 5.73 Å². The van der Waals surface area contributed by atoms with Crippen molar-refractivity contribution >= 4 is 23.0 Å². The zero-order chi connectivity index (χ0) is 16.7. The van der Waals surface area contributed by atoms with Crippen molar-refractivity contribution < 1.29 is 28.9 Å². The van der Waals surface area contributed by atoms with Crippen LogP contribution in [-0.2, 0) is 14.3 Å². The van der Waals surface area contributed by atoms with Gasteiger partial charge in [0.15, 0.2) is 23.2 Å². The SMILES string of the molecule is COC(=O)C[C@H]1O[C@@H](n2cnc3c(N)nc(F)nc32)[C@H](O)[C@@H]1O. The minimum Gasteiger partial charge on any atom is -0.469 e. The van der Waals surface area contributed by atoms with Gasteiger partial charge in [-0.15, -0.1) is 0 Å². The third-order valence-electron chi connectivity index (χ3n) is 3.63. The maximum atomic E-state index is 13.4. The Balaban J connectivity index is 1.94. The number of nitrogens with two attached hydrogens (primary N) is 1. The van der Waals surface area contributed by atoms with Crippen molar-refractivity contribution in [2.24, 2.45) is 0 Å². The van der Waals surface area contributed by atoms with Crippen LogP contribution in [0, 0.1) is 6.08 Å². The number of aliphatic hydroxyl groups excluding tert-OH is 2. The van der Waals surface area contributed by atoms with Crippen LogP contribution in [0.25, 0.3) is 11.2 Å². The molecule has 1 saturated heterocycles. The molecule has 0 amide bonds. The molecule has 10 nitrogen and oxygen atoms in total. The van der Waals surface area contributed by atoms with Gasteiger partial charge < -0.3 is 25.4 Å². The highest BCUT2D eigenvalue weighted by atomic mass is 19.1. The van der Waals surface area contributed by atoms with Crippen LogP contribution >= 0.6 is 0 Å². The lowest BCUT2D eigenvalue weighted by Gasteiger charge is -2.16. The van der Waals surface area contributed by atoms with Gasteiger partial charge in [0.2, 0.25) is 0 Å².